The molecule has 0 saturated heterocycles. The van der Waals surface area contributed by atoms with E-state index in [2.05, 4.69) is 15.6 Å². The molecular weight excluding hydrogens is 444 g/mol. The van der Waals surface area contributed by atoms with Crippen LogP contribution in [0.3, 0.4) is 0 Å². The summed E-state index contributed by atoms with van der Waals surface area (Å²) < 4.78 is 1.61. The van der Waals surface area contributed by atoms with E-state index in [1.165, 1.54) is 12.1 Å². The second-order valence-corrected chi connectivity index (χ2v) is 8.31. The van der Waals surface area contributed by atoms with Gasteiger partial charge in [-0.15, -0.1) is 5.10 Å². The second-order valence-electron chi connectivity index (χ2n) is 8.31. The van der Waals surface area contributed by atoms with Gasteiger partial charge in [-0.3, -0.25) is 14.9 Å². The van der Waals surface area contributed by atoms with E-state index < -0.39 is 11.0 Å². The molecule has 3 aromatic carbocycles. The molecule has 9 nitrogen and oxygen atoms in total. The molecule has 1 aliphatic rings. The minimum absolute atomic E-state index is 0.0677. The van der Waals surface area contributed by atoms with Crippen LogP contribution in [0.1, 0.15) is 24.1 Å². The summed E-state index contributed by atoms with van der Waals surface area (Å²) in [4.78, 5) is 29.2. The maximum Gasteiger partial charge on any atom is 0.269 e. The Bertz CT molecular complexity index is 1460. The Hall–Kier alpha value is -4.79. The smallest absolute Gasteiger partial charge is 0.269 e. The van der Waals surface area contributed by atoms with Crippen LogP contribution in [0.4, 0.5) is 17.3 Å². The zero-order valence-corrected chi connectivity index (χ0v) is 19.1. The van der Waals surface area contributed by atoms with Gasteiger partial charge < -0.3 is 10.6 Å². The highest BCUT2D eigenvalue weighted by Gasteiger charge is 2.35. The number of anilines is 2. The van der Waals surface area contributed by atoms with Crippen LogP contribution in [-0.4, -0.2) is 25.6 Å². The number of carbonyl (C=O) groups excluding carboxylic acids is 1. The van der Waals surface area contributed by atoms with Crippen LogP contribution in [0.15, 0.2) is 90.1 Å². The number of non-ortho nitro benzene ring substituents is 1. The Morgan fingerprint density at radius 1 is 1.03 bits per heavy atom. The van der Waals surface area contributed by atoms with E-state index in [9.17, 15) is 14.9 Å². The summed E-state index contributed by atoms with van der Waals surface area (Å²) in [5, 5.41) is 22.3. The lowest BCUT2D eigenvalue weighted by Gasteiger charge is -2.28. The quantitative estimate of drug-likeness (QED) is 0.313. The number of rotatable bonds is 5. The number of hydrogen-bond donors (Lipinski definition) is 2. The third-order valence-electron chi connectivity index (χ3n) is 5.84. The van der Waals surface area contributed by atoms with Crippen molar-refractivity contribution >= 4 is 23.2 Å². The van der Waals surface area contributed by atoms with E-state index in [1.807, 2.05) is 49.4 Å². The van der Waals surface area contributed by atoms with Gasteiger partial charge in [-0.2, -0.15) is 4.98 Å². The van der Waals surface area contributed by atoms with Crippen LogP contribution in [0.5, 0.6) is 0 Å². The predicted octanol–water partition coefficient (Wildman–Crippen LogP) is 5.09. The van der Waals surface area contributed by atoms with E-state index in [-0.39, 0.29) is 11.6 Å². The SMILES string of the molecule is CC1=C(C(=O)Nc2ccccc2)C(c2cccc([N+](=O)[O-])c2)n2nc(-c3ccc(C)cc3)nc2N1. The first-order valence-electron chi connectivity index (χ1n) is 11.0. The van der Waals surface area contributed by atoms with Gasteiger partial charge in [0.05, 0.1) is 10.5 Å². The minimum Gasteiger partial charge on any atom is -0.328 e. The number of fused-ring (bicyclic) bond motifs is 1. The molecule has 1 amide bonds. The lowest BCUT2D eigenvalue weighted by molar-refractivity contribution is -0.384. The van der Waals surface area contributed by atoms with Crippen molar-refractivity contribution in [2.45, 2.75) is 19.9 Å². The fourth-order valence-electron chi connectivity index (χ4n) is 4.11. The summed E-state index contributed by atoms with van der Waals surface area (Å²) in [7, 11) is 0. The summed E-state index contributed by atoms with van der Waals surface area (Å²) >= 11 is 0. The van der Waals surface area contributed by atoms with Gasteiger partial charge >= 0.3 is 0 Å². The van der Waals surface area contributed by atoms with Gasteiger partial charge in [0, 0.05) is 29.1 Å². The number of nitrogens with zero attached hydrogens (tertiary/aromatic N) is 4. The van der Waals surface area contributed by atoms with Crippen molar-refractivity contribution in [1.82, 2.24) is 14.8 Å². The molecule has 1 aromatic heterocycles. The van der Waals surface area contributed by atoms with Crippen molar-refractivity contribution in [3.05, 3.63) is 111 Å². The Morgan fingerprint density at radius 2 is 1.77 bits per heavy atom. The summed E-state index contributed by atoms with van der Waals surface area (Å²) in [6, 6.07) is 22.5. The number of aromatic nitrogens is 3. The first kappa shape index (κ1) is 22.0. The molecule has 2 N–H and O–H groups in total. The minimum atomic E-state index is -0.721. The summed E-state index contributed by atoms with van der Waals surface area (Å²) in [5.41, 5.74) is 4.04. The van der Waals surface area contributed by atoms with Gasteiger partial charge in [0.15, 0.2) is 5.82 Å². The zero-order valence-electron chi connectivity index (χ0n) is 19.1. The first-order chi connectivity index (χ1) is 16.9. The van der Waals surface area contributed by atoms with Crippen molar-refractivity contribution in [1.29, 1.82) is 0 Å². The Kier molecular flexibility index (Phi) is 5.58. The topological polar surface area (TPSA) is 115 Å². The molecule has 174 valence electrons. The normalized spacial score (nSPS) is 14.7. The molecule has 0 bridgehead atoms. The Labute approximate surface area is 201 Å². The van der Waals surface area contributed by atoms with E-state index in [4.69, 9.17) is 5.10 Å². The molecular formula is C26H22N6O3. The lowest BCUT2D eigenvalue weighted by atomic mass is 9.94. The maximum absolute atomic E-state index is 13.5. The van der Waals surface area contributed by atoms with Crippen LogP contribution < -0.4 is 10.6 Å². The summed E-state index contributed by atoms with van der Waals surface area (Å²) in [5.74, 6) is 0.599. The molecule has 9 heteroatoms. The molecule has 0 saturated carbocycles. The third-order valence-corrected chi connectivity index (χ3v) is 5.84. The molecule has 1 atom stereocenters. The second kappa shape index (κ2) is 8.86. The van der Waals surface area contributed by atoms with Gasteiger partial charge in [-0.05, 0) is 31.5 Å². The van der Waals surface area contributed by atoms with Crippen molar-refractivity contribution in [2.24, 2.45) is 0 Å². The fourth-order valence-corrected chi connectivity index (χ4v) is 4.11. The van der Waals surface area contributed by atoms with Crippen LogP contribution in [0, 0.1) is 17.0 Å². The van der Waals surface area contributed by atoms with Gasteiger partial charge in [0.25, 0.3) is 11.6 Å². The van der Waals surface area contributed by atoms with Crippen LogP contribution in [-0.2, 0) is 4.79 Å². The molecule has 0 radical (unpaired) electrons. The molecule has 35 heavy (non-hydrogen) atoms. The average molecular weight is 467 g/mol. The van der Waals surface area contributed by atoms with E-state index in [0.717, 1.165) is 11.1 Å². The lowest BCUT2D eigenvalue weighted by Crippen LogP contribution is -2.31. The summed E-state index contributed by atoms with van der Waals surface area (Å²) in [6.07, 6.45) is 0. The van der Waals surface area contributed by atoms with Crippen LogP contribution in [0.2, 0.25) is 0 Å². The predicted molar refractivity (Wildman–Crippen MR) is 133 cm³/mol. The molecule has 2 heterocycles. The number of amides is 1. The van der Waals surface area contributed by atoms with Crippen molar-refractivity contribution in [3.63, 3.8) is 0 Å². The molecule has 0 fully saturated rings. The van der Waals surface area contributed by atoms with Gasteiger partial charge in [0.1, 0.15) is 6.04 Å². The number of hydrogen-bond acceptors (Lipinski definition) is 6. The maximum atomic E-state index is 13.5. The number of nitro benzene ring substituents is 1. The third kappa shape index (κ3) is 4.26. The zero-order chi connectivity index (χ0) is 24.5. The van der Waals surface area contributed by atoms with E-state index in [0.29, 0.717) is 34.3 Å². The number of para-hydroxylation sites is 1. The molecule has 0 aliphatic carbocycles. The highest BCUT2D eigenvalue weighted by molar-refractivity contribution is 6.06. The van der Waals surface area contributed by atoms with Gasteiger partial charge in [-0.1, -0.05) is 60.2 Å². The number of allylic oxidation sites excluding steroid dienone is 1. The van der Waals surface area contributed by atoms with Crippen molar-refractivity contribution in [2.75, 3.05) is 10.6 Å². The molecule has 1 unspecified atom stereocenters. The molecule has 5 rings (SSSR count). The first-order valence-corrected chi connectivity index (χ1v) is 11.0. The molecule has 0 spiro atoms. The summed E-state index contributed by atoms with van der Waals surface area (Å²) in [6.45, 7) is 3.79. The molecule has 1 aliphatic heterocycles. The standard InChI is InChI=1S/C26H22N6O3/c1-16-11-13-18(14-12-16)24-29-26-27-17(2)22(25(33)28-20-8-4-3-5-9-20)23(31(26)30-24)19-7-6-10-21(15-19)32(34)35/h3-15,23H,1-2H3,(H,28,33)(H,27,29,30). The van der Waals surface area contributed by atoms with Crippen LogP contribution in [0.25, 0.3) is 11.4 Å². The van der Waals surface area contributed by atoms with E-state index >= 15 is 0 Å². The van der Waals surface area contributed by atoms with E-state index in [1.54, 1.807) is 35.9 Å². The fraction of sp³-hybridized carbons (Fsp3) is 0.115. The average Bonchev–Trinajstić information content (AvgIpc) is 3.27. The molecule has 4 aromatic rings. The number of nitrogens with one attached hydrogen (secondary N) is 2. The number of aryl methyl sites for hydroxylation is 1. The largest absolute Gasteiger partial charge is 0.328 e. The van der Waals surface area contributed by atoms with Crippen LogP contribution >= 0.6 is 0 Å². The Balaban J connectivity index is 1.63. The Morgan fingerprint density at radius 3 is 2.49 bits per heavy atom. The number of benzene rings is 3. The number of carbonyl (C=O) groups is 1. The van der Waals surface area contributed by atoms with Crippen molar-refractivity contribution in [3.8, 4) is 11.4 Å². The van der Waals surface area contributed by atoms with Gasteiger partial charge in [0.2, 0.25) is 5.95 Å². The van der Waals surface area contributed by atoms with Gasteiger partial charge in [-0.25, -0.2) is 4.68 Å². The highest BCUT2D eigenvalue weighted by Crippen LogP contribution is 2.37. The highest BCUT2D eigenvalue weighted by atomic mass is 16.6. The number of nitro groups is 1. The monoisotopic (exact) mass is 466 g/mol. The van der Waals surface area contributed by atoms with Crippen molar-refractivity contribution < 1.29 is 9.72 Å².